The van der Waals surface area contributed by atoms with Gasteiger partial charge in [-0.25, -0.2) is 0 Å². The van der Waals surface area contributed by atoms with Gasteiger partial charge in [0, 0.05) is 44.2 Å². The van der Waals surface area contributed by atoms with Crippen molar-refractivity contribution in [3.05, 3.63) is 33.9 Å². The summed E-state index contributed by atoms with van der Waals surface area (Å²) in [4.78, 5) is 27.4. The average molecular weight is 328 g/mol. The molecule has 0 N–H and O–H groups in total. The highest BCUT2D eigenvalue weighted by Crippen LogP contribution is 2.30. The zero-order valence-electron chi connectivity index (χ0n) is 13.5. The predicted octanol–water partition coefficient (Wildman–Crippen LogP) is 2.57. The van der Waals surface area contributed by atoms with Crippen molar-refractivity contribution < 1.29 is 9.72 Å². The molecule has 2 fully saturated rings. The number of carbonyl (C=O) groups excluding carboxylic acids is 1. The highest BCUT2D eigenvalue weighted by Gasteiger charge is 2.28. The molecule has 1 aromatic rings. The van der Waals surface area contributed by atoms with Gasteiger partial charge in [-0.1, -0.05) is 0 Å². The number of anilines is 1. The minimum absolute atomic E-state index is 0.00258. The van der Waals surface area contributed by atoms with E-state index in [2.05, 4.69) is 11.0 Å². The largest absolute Gasteiger partial charge is 0.371 e. The molecule has 2 aliphatic rings. The molecular weight excluding hydrogens is 308 g/mol. The van der Waals surface area contributed by atoms with Gasteiger partial charge in [0.15, 0.2) is 0 Å². The Morgan fingerprint density at radius 1 is 1.21 bits per heavy atom. The van der Waals surface area contributed by atoms with Gasteiger partial charge in [0.2, 0.25) is 0 Å². The van der Waals surface area contributed by atoms with Crippen LogP contribution in [0.4, 0.5) is 11.4 Å². The first-order valence-electron chi connectivity index (χ1n) is 8.32. The number of nitrogens with zero attached hydrogens (tertiary/aromatic N) is 4. The summed E-state index contributed by atoms with van der Waals surface area (Å²) >= 11 is 0. The summed E-state index contributed by atoms with van der Waals surface area (Å²) in [5.74, 6) is -0.172. The van der Waals surface area contributed by atoms with Crippen molar-refractivity contribution in [3.8, 4) is 6.07 Å². The lowest BCUT2D eigenvalue weighted by Crippen LogP contribution is -2.39. The fourth-order valence-corrected chi connectivity index (χ4v) is 3.42. The van der Waals surface area contributed by atoms with Gasteiger partial charge in [-0.05, 0) is 31.7 Å². The Bertz CT molecular complexity index is 684. The van der Waals surface area contributed by atoms with Crippen LogP contribution in [-0.2, 0) is 0 Å². The molecule has 0 saturated carbocycles. The predicted molar refractivity (Wildman–Crippen MR) is 88.8 cm³/mol. The van der Waals surface area contributed by atoms with E-state index in [0.29, 0.717) is 31.5 Å². The maximum absolute atomic E-state index is 12.9. The van der Waals surface area contributed by atoms with Crippen LogP contribution in [0, 0.1) is 27.4 Å². The van der Waals surface area contributed by atoms with E-state index >= 15 is 0 Å². The van der Waals surface area contributed by atoms with Crippen LogP contribution in [0.2, 0.25) is 0 Å². The molecule has 126 valence electrons. The van der Waals surface area contributed by atoms with E-state index in [9.17, 15) is 14.9 Å². The van der Waals surface area contributed by atoms with E-state index in [1.165, 1.54) is 12.1 Å². The van der Waals surface area contributed by atoms with Gasteiger partial charge in [-0.15, -0.1) is 0 Å². The van der Waals surface area contributed by atoms with E-state index in [1.54, 1.807) is 11.0 Å². The smallest absolute Gasteiger partial charge is 0.270 e. The van der Waals surface area contributed by atoms with Crippen LogP contribution in [0.15, 0.2) is 18.2 Å². The Labute approximate surface area is 140 Å². The molecular formula is C17H20N4O3. The zero-order chi connectivity index (χ0) is 17.1. The van der Waals surface area contributed by atoms with E-state index in [-0.39, 0.29) is 17.5 Å². The molecule has 2 aliphatic heterocycles. The van der Waals surface area contributed by atoms with Gasteiger partial charge < -0.3 is 9.80 Å². The fourth-order valence-electron chi connectivity index (χ4n) is 3.42. The number of likely N-dealkylation sites (tertiary alicyclic amines) is 1. The SMILES string of the molecule is N#CC1CCN(C(=O)c2cc([N+](=O)[O-])ccc2N2CCCC2)CC1. The standard InChI is InChI=1S/C17H20N4O3/c18-12-13-5-9-20(10-6-13)17(22)15-11-14(21(23)24)3-4-16(15)19-7-1-2-8-19/h3-4,11,13H,1-2,5-10H2. The number of nitro groups is 1. The molecule has 24 heavy (non-hydrogen) atoms. The maximum atomic E-state index is 12.9. The fraction of sp³-hybridized carbons (Fsp3) is 0.529. The number of amides is 1. The highest BCUT2D eigenvalue weighted by atomic mass is 16.6. The van der Waals surface area contributed by atoms with Crippen molar-refractivity contribution in [2.45, 2.75) is 25.7 Å². The van der Waals surface area contributed by atoms with Crippen LogP contribution >= 0.6 is 0 Å². The first-order chi connectivity index (χ1) is 11.6. The van der Waals surface area contributed by atoms with Crippen molar-refractivity contribution in [2.75, 3.05) is 31.1 Å². The average Bonchev–Trinajstić information content (AvgIpc) is 3.15. The first-order valence-corrected chi connectivity index (χ1v) is 8.32. The lowest BCUT2D eigenvalue weighted by Gasteiger charge is -2.30. The molecule has 0 spiro atoms. The number of nitro benzene ring substituents is 1. The van der Waals surface area contributed by atoms with E-state index < -0.39 is 4.92 Å². The number of carbonyl (C=O) groups is 1. The van der Waals surface area contributed by atoms with Crippen molar-refractivity contribution >= 4 is 17.3 Å². The monoisotopic (exact) mass is 328 g/mol. The Morgan fingerprint density at radius 2 is 1.88 bits per heavy atom. The lowest BCUT2D eigenvalue weighted by molar-refractivity contribution is -0.384. The molecule has 2 saturated heterocycles. The van der Waals surface area contributed by atoms with Gasteiger partial charge in [-0.3, -0.25) is 14.9 Å². The number of non-ortho nitro benzene ring substituents is 1. The topological polar surface area (TPSA) is 90.5 Å². The number of hydrogen-bond donors (Lipinski definition) is 0. The van der Waals surface area contributed by atoms with Crippen molar-refractivity contribution in [3.63, 3.8) is 0 Å². The lowest BCUT2D eigenvalue weighted by atomic mass is 9.97. The third-order valence-corrected chi connectivity index (χ3v) is 4.83. The molecule has 1 aromatic carbocycles. The molecule has 2 heterocycles. The van der Waals surface area contributed by atoms with Gasteiger partial charge in [0.1, 0.15) is 0 Å². The van der Waals surface area contributed by atoms with Crippen molar-refractivity contribution in [1.82, 2.24) is 4.90 Å². The number of hydrogen-bond acceptors (Lipinski definition) is 5. The summed E-state index contributed by atoms with van der Waals surface area (Å²) in [5.41, 5.74) is 1.13. The van der Waals surface area contributed by atoms with Gasteiger partial charge in [0.05, 0.1) is 22.2 Å². The van der Waals surface area contributed by atoms with E-state index in [1.807, 2.05) is 0 Å². The van der Waals surface area contributed by atoms with Gasteiger partial charge >= 0.3 is 0 Å². The van der Waals surface area contributed by atoms with Crippen LogP contribution < -0.4 is 4.90 Å². The molecule has 3 rings (SSSR count). The van der Waals surface area contributed by atoms with Crippen molar-refractivity contribution in [2.24, 2.45) is 5.92 Å². The molecule has 1 amide bonds. The molecule has 0 aliphatic carbocycles. The minimum atomic E-state index is -0.466. The Hall–Kier alpha value is -2.62. The molecule has 7 heteroatoms. The third-order valence-electron chi connectivity index (χ3n) is 4.83. The molecule has 0 atom stereocenters. The minimum Gasteiger partial charge on any atom is -0.371 e. The molecule has 0 radical (unpaired) electrons. The quantitative estimate of drug-likeness (QED) is 0.628. The Kier molecular flexibility index (Phi) is 4.65. The van der Waals surface area contributed by atoms with E-state index in [4.69, 9.17) is 5.26 Å². The van der Waals surface area contributed by atoms with Crippen molar-refractivity contribution in [1.29, 1.82) is 5.26 Å². The Balaban J connectivity index is 1.89. The van der Waals surface area contributed by atoms with E-state index in [0.717, 1.165) is 31.6 Å². The summed E-state index contributed by atoms with van der Waals surface area (Å²) in [6, 6.07) is 6.80. The summed E-state index contributed by atoms with van der Waals surface area (Å²) in [7, 11) is 0. The second-order valence-corrected chi connectivity index (χ2v) is 6.35. The molecule has 0 aromatic heterocycles. The number of rotatable bonds is 3. The van der Waals surface area contributed by atoms with Crippen LogP contribution in [0.25, 0.3) is 0 Å². The third kappa shape index (κ3) is 3.18. The molecule has 0 unspecified atom stereocenters. The zero-order valence-corrected chi connectivity index (χ0v) is 13.5. The molecule has 0 bridgehead atoms. The van der Waals surface area contributed by atoms with Crippen LogP contribution in [0.1, 0.15) is 36.0 Å². The van der Waals surface area contributed by atoms with Gasteiger partial charge in [-0.2, -0.15) is 5.26 Å². The number of nitriles is 1. The maximum Gasteiger partial charge on any atom is 0.270 e. The number of piperidine rings is 1. The summed E-state index contributed by atoms with van der Waals surface area (Å²) in [6.07, 6.45) is 3.46. The number of benzene rings is 1. The molecule has 7 nitrogen and oxygen atoms in total. The second-order valence-electron chi connectivity index (χ2n) is 6.35. The van der Waals surface area contributed by atoms with Crippen LogP contribution in [0.5, 0.6) is 0 Å². The Morgan fingerprint density at radius 3 is 2.46 bits per heavy atom. The van der Waals surface area contributed by atoms with Crippen LogP contribution in [0.3, 0.4) is 0 Å². The first kappa shape index (κ1) is 16.2. The summed E-state index contributed by atoms with van der Waals surface area (Å²) < 4.78 is 0. The highest BCUT2D eigenvalue weighted by molar-refractivity contribution is 6.00. The normalized spacial score (nSPS) is 18.5. The van der Waals surface area contributed by atoms with Crippen LogP contribution in [-0.4, -0.2) is 41.9 Å². The summed E-state index contributed by atoms with van der Waals surface area (Å²) in [5, 5.41) is 20.1. The van der Waals surface area contributed by atoms with Gasteiger partial charge in [0.25, 0.3) is 11.6 Å². The summed E-state index contributed by atoms with van der Waals surface area (Å²) in [6.45, 7) is 2.79. The second kappa shape index (κ2) is 6.87.